The first-order valence-electron chi connectivity index (χ1n) is 8.53. The summed E-state index contributed by atoms with van der Waals surface area (Å²) in [4.78, 5) is 4.46. The predicted octanol–water partition coefficient (Wildman–Crippen LogP) is 3.12. The SMILES string of the molecule is CCNC(=NCC1(O)CCOCC1)NCCOc1c(Cl)cc(Cl)cc1Cl. The van der Waals surface area contributed by atoms with Crippen molar-refractivity contribution < 1.29 is 14.6 Å². The Labute approximate surface area is 168 Å². The molecule has 1 heterocycles. The van der Waals surface area contributed by atoms with Gasteiger partial charge in [0.05, 0.1) is 28.7 Å². The molecule has 0 unspecified atom stereocenters. The van der Waals surface area contributed by atoms with Crippen molar-refractivity contribution in [2.45, 2.75) is 25.4 Å². The molecule has 1 saturated heterocycles. The van der Waals surface area contributed by atoms with Crippen LogP contribution < -0.4 is 15.4 Å². The molecule has 26 heavy (non-hydrogen) atoms. The minimum Gasteiger partial charge on any atom is -0.489 e. The third kappa shape index (κ3) is 6.67. The van der Waals surface area contributed by atoms with Gasteiger partial charge in [-0.2, -0.15) is 0 Å². The molecular formula is C17H24Cl3N3O3. The summed E-state index contributed by atoms with van der Waals surface area (Å²) in [5, 5.41) is 18.0. The number of guanidine groups is 1. The van der Waals surface area contributed by atoms with Gasteiger partial charge in [0, 0.05) is 37.6 Å². The van der Waals surface area contributed by atoms with Crippen molar-refractivity contribution in [3.8, 4) is 5.75 Å². The average molecular weight is 425 g/mol. The van der Waals surface area contributed by atoms with Crippen LogP contribution in [0.1, 0.15) is 19.8 Å². The fourth-order valence-electron chi connectivity index (χ4n) is 2.47. The van der Waals surface area contributed by atoms with Crippen molar-refractivity contribution in [2.75, 3.05) is 39.5 Å². The Morgan fingerprint density at radius 3 is 2.50 bits per heavy atom. The maximum Gasteiger partial charge on any atom is 0.191 e. The summed E-state index contributed by atoms with van der Waals surface area (Å²) in [6.45, 7) is 4.96. The number of rotatable bonds is 7. The fourth-order valence-corrected chi connectivity index (χ4v) is 3.39. The zero-order valence-corrected chi connectivity index (χ0v) is 16.9. The highest BCUT2D eigenvalue weighted by Crippen LogP contribution is 2.35. The number of halogens is 3. The van der Waals surface area contributed by atoms with Crippen LogP contribution in [0.5, 0.6) is 5.75 Å². The summed E-state index contributed by atoms with van der Waals surface area (Å²) in [6, 6.07) is 3.16. The molecule has 3 N–H and O–H groups in total. The van der Waals surface area contributed by atoms with Gasteiger partial charge in [-0.05, 0) is 19.1 Å². The predicted molar refractivity (Wildman–Crippen MR) is 106 cm³/mol. The molecule has 1 aromatic carbocycles. The van der Waals surface area contributed by atoms with Gasteiger partial charge in [-0.1, -0.05) is 34.8 Å². The molecule has 0 atom stereocenters. The zero-order valence-electron chi connectivity index (χ0n) is 14.7. The van der Waals surface area contributed by atoms with E-state index in [0.29, 0.717) is 79.1 Å². The van der Waals surface area contributed by atoms with Crippen LogP contribution in [-0.2, 0) is 4.74 Å². The van der Waals surface area contributed by atoms with Gasteiger partial charge in [-0.3, -0.25) is 4.99 Å². The minimum atomic E-state index is -0.804. The molecule has 1 aliphatic rings. The fraction of sp³-hybridized carbons (Fsp3) is 0.588. The van der Waals surface area contributed by atoms with E-state index in [-0.39, 0.29) is 0 Å². The Morgan fingerprint density at radius 1 is 1.23 bits per heavy atom. The summed E-state index contributed by atoms with van der Waals surface area (Å²) >= 11 is 18.1. The largest absolute Gasteiger partial charge is 0.489 e. The Hall–Kier alpha value is -0.920. The van der Waals surface area contributed by atoms with Gasteiger partial charge in [-0.25, -0.2) is 0 Å². The standard InChI is InChI=1S/C17H24Cl3N3O3/c1-2-21-16(23-11-17(24)3-6-25-7-4-17)22-5-8-26-15-13(19)9-12(18)10-14(15)20/h9-10,24H,2-8,11H2,1H3,(H2,21,22,23). The lowest BCUT2D eigenvalue weighted by Gasteiger charge is -2.30. The number of aliphatic imine (C=N–C) groups is 1. The van der Waals surface area contributed by atoms with Crippen molar-refractivity contribution in [1.29, 1.82) is 0 Å². The Morgan fingerprint density at radius 2 is 1.88 bits per heavy atom. The smallest absolute Gasteiger partial charge is 0.191 e. The van der Waals surface area contributed by atoms with Crippen LogP contribution in [0.4, 0.5) is 0 Å². The van der Waals surface area contributed by atoms with Crippen molar-refractivity contribution in [3.63, 3.8) is 0 Å². The molecule has 1 fully saturated rings. The first kappa shape index (κ1) is 21.4. The molecular weight excluding hydrogens is 401 g/mol. The number of hydrogen-bond donors (Lipinski definition) is 3. The van der Waals surface area contributed by atoms with Crippen LogP contribution in [0.3, 0.4) is 0 Å². The number of hydrogen-bond acceptors (Lipinski definition) is 4. The van der Waals surface area contributed by atoms with E-state index in [4.69, 9.17) is 44.3 Å². The van der Waals surface area contributed by atoms with Crippen molar-refractivity contribution in [1.82, 2.24) is 10.6 Å². The van der Waals surface area contributed by atoms with Gasteiger partial charge in [0.25, 0.3) is 0 Å². The molecule has 0 aliphatic carbocycles. The van der Waals surface area contributed by atoms with Crippen LogP contribution in [0.2, 0.25) is 15.1 Å². The molecule has 0 radical (unpaired) electrons. The normalized spacial score (nSPS) is 17.0. The van der Waals surface area contributed by atoms with Crippen molar-refractivity contribution >= 4 is 40.8 Å². The molecule has 0 spiro atoms. The molecule has 0 bridgehead atoms. The van der Waals surface area contributed by atoms with Gasteiger partial charge in [0.2, 0.25) is 0 Å². The Bertz CT molecular complexity index is 600. The van der Waals surface area contributed by atoms with E-state index < -0.39 is 5.60 Å². The topological polar surface area (TPSA) is 75.1 Å². The lowest BCUT2D eigenvalue weighted by Crippen LogP contribution is -2.43. The van der Waals surface area contributed by atoms with E-state index in [1.54, 1.807) is 12.1 Å². The lowest BCUT2D eigenvalue weighted by molar-refractivity contribution is -0.0565. The van der Waals surface area contributed by atoms with Gasteiger partial charge in [0.15, 0.2) is 11.7 Å². The average Bonchev–Trinajstić information content (AvgIpc) is 2.58. The first-order valence-corrected chi connectivity index (χ1v) is 9.66. The molecule has 6 nitrogen and oxygen atoms in total. The minimum absolute atomic E-state index is 0.321. The molecule has 1 aliphatic heterocycles. The monoisotopic (exact) mass is 423 g/mol. The molecule has 146 valence electrons. The highest BCUT2D eigenvalue weighted by Gasteiger charge is 2.29. The highest BCUT2D eigenvalue weighted by atomic mass is 35.5. The maximum absolute atomic E-state index is 10.5. The summed E-state index contributed by atoms with van der Waals surface area (Å²) < 4.78 is 10.9. The summed E-state index contributed by atoms with van der Waals surface area (Å²) in [6.07, 6.45) is 1.18. The van der Waals surface area contributed by atoms with E-state index in [1.807, 2.05) is 6.92 Å². The van der Waals surface area contributed by atoms with Gasteiger partial charge in [0.1, 0.15) is 6.61 Å². The summed E-state index contributed by atoms with van der Waals surface area (Å²) in [5.74, 6) is 1.02. The second-order valence-electron chi connectivity index (χ2n) is 6.01. The van der Waals surface area contributed by atoms with E-state index in [0.717, 1.165) is 0 Å². The van der Waals surface area contributed by atoms with E-state index >= 15 is 0 Å². The van der Waals surface area contributed by atoms with Crippen molar-refractivity contribution in [3.05, 3.63) is 27.2 Å². The molecule has 2 rings (SSSR count). The quantitative estimate of drug-likeness (QED) is 0.356. The molecule has 0 aromatic heterocycles. The van der Waals surface area contributed by atoms with E-state index in [1.165, 1.54) is 0 Å². The summed E-state index contributed by atoms with van der Waals surface area (Å²) in [7, 11) is 0. The Kier molecular flexibility index (Phi) is 8.57. The van der Waals surface area contributed by atoms with Gasteiger partial charge < -0.3 is 25.2 Å². The van der Waals surface area contributed by atoms with Gasteiger partial charge in [-0.15, -0.1) is 0 Å². The van der Waals surface area contributed by atoms with Crippen LogP contribution in [0.15, 0.2) is 17.1 Å². The van der Waals surface area contributed by atoms with E-state index in [2.05, 4.69) is 15.6 Å². The van der Waals surface area contributed by atoms with Crippen LogP contribution in [0.25, 0.3) is 0 Å². The third-order valence-corrected chi connectivity index (χ3v) is 4.68. The van der Waals surface area contributed by atoms with E-state index in [9.17, 15) is 5.11 Å². The second kappa shape index (κ2) is 10.4. The number of nitrogens with zero attached hydrogens (tertiary/aromatic N) is 1. The molecule has 0 saturated carbocycles. The zero-order chi connectivity index (χ0) is 19.0. The first-order chi connectivity index (χ1) is 12.4. The number of ether oxygens (including phenoxy) is 2. The highest BCUT2D eigenvalue weighted by molar-refractivity contribution is 6.40. The second-order valence-corrected chi connectivity index (χ2v) is 7.26. The number of benzene rings is 1. The molecule has 1 aromatic rings. The van der Waals surface area contributed by atoms with Gasteiger partial charge >= 0.3 is 0 Å². The molecule has 0 amide bonds. The van der Waals surface area contributed by atoms with Crippen molar-refractivity contribution in [2.24, 2.45) is 4.99 Å². The van der Waals surface area contributed by atoms with Crippen LogP contribution in [-0.4, -0.2) is 56.1 Å². The van der Waals surface area contributed by atoms with Crippen LogP contribution in [0, 0.1) is 0 Å². The summed E-state index contributed by atoms with van der Waals surface area (Å²) in [5.41, 5.74) is -0.804. The lowest BCUT2D eigenvalue weighted by atomic mass is 9.95. The Balaban J connectivity index is 1.84. The molecule has 9 heteroatoms. The van der Waals surface area contributed by atoms with Crippen LogP contribution >= 0.6 is 34.8 Å². The number of nitrogens with one attached hydrogen (secondary N) is 2. The number of aliphatic hydroxyl groups is 1. The third-order valence-electron chi connectivity index (χ3n) is 3.90. The maximum atomic E-state index is 10.5.